The standard InChI is InChI=1S/C12H8BrClN2O3/c1-7-6-8(2-3-9(7)13)19-12-10(16(17)18)4-5-11(14)15-12/h2-6H,1H3. The number of ether oxygens (including phenoxy) is 1. The van der Waals surface area contributed by atoms with Crippen molar-refractivity contribution in [3.05, 3.63) is 55.6 Å². The van der Waals surface area contributed by atoms with Crippen LogP contribution >= 0.6 is 27.5 Å². The minimum absolute atomic E-state index is 0.126. The molecule has 0 unspecified atom stereocenters. The maximum Gasteiger partial charge on any atom is 0.331 e. The topological polar surface area (TPSA) is 65.3 Å². The molecule has 19 heavy (non-hydrogen) atoms. The molecule has 1 heterocycles. The van der Waals surface area contributed by atoms with Crippen LogP contribution in [0.2, 0.25) is 5.15 Å². The van der Waals surface area contributed by atoms with E-state index in [1.165, 1.54) is 12.1 Å². The van der Waals surface area contributed by atoms with E-state index < -0.39 is 4.92 Å². The van der Waals surface area contributed by atoms with E-state index >= 15 is 0 Å². The molecule has 2 aromatic rings. The first-order valence-corrected chi connectivity index (χ1v) is 6.39. The Morgan fingerprint density at radius 3 is 2.74 bits per heavy atom. The van der Waals surface area contributed by atoms with Crippen molar-refractivity contribution in [2.24, 2.45) is 0 Å². The number of aromatic nitrogens is 1. The Labute approximate surface area is 122 Å². The molecule has 1 aromatic carbocycles. The Bertz CT molecular complexity index is 649. The summed E-state index contributed by atoms with van der Waals surface area (Å²) < 4.78 is 6.35. The highest BCUT2D eigenvalue weighted by Gasteiger charge is 2.18. The second kappa shape index (κ2) is 5.54. The Morgan fingerprint density at radius 2 is 2.11 bits per heavy atom. The molecule has 0 fully saturated rings. The molecule has 1 aromatic heterocycles. The molecule has 0 aliphatic carbocycles. The lowest BCUT2D eigenvalue weighted by atomic mass is 10.2. The van der Waals surface area contributed by atoms with Crippen molar-refractivity contribution in [3.8, 4) is 11.6 Å². The van der Waals surface area contributed by atoms with E-state index in [-0.39, 0.29) is 16.7 Å². The van der Waals surface area contributed by atoms with Crippen molar-refractivity contribution in [2.45, 2.75) is 6.92 Å². The fourth-order valence-electron chi connectivity index (χ4n) is 1.42. The van der Waals surface area contributed by atoms with Crippen molar-refractivity contribution < 1.29 is 9.66 Å². The number of hydrogen-bond donors (Lipinski definition) is 0. The maximum atomic E-state index is 10.9. The minimum atomic E-state index is -0.565. The molecule has 0 amide bonds. The maximum absolute atomic E-state index is 10.9. The van der Waals surface area contributed by atoms with Crippen molar-refractivity contribution in [1.29, 1.82) is 0 Å². The van der Waals surface area contributed by atoms with Gasteiger partial charge in [0.05, 0.1) is 4.92 Å². The second-order valence-electron chi connectivity index (χ2n) is 3.73. The zero-order valence-corrected chi connectivity index (χ0v) is 12.1. The molecule has 5 nitrogen and oxygen atoms in total. The molecule has 0 spiro atoms. The predicted octanol–water partition coefficient (Wildman–Crippen LogP) is 4.51. The van der Waals surface area contributed by atoms with E-state index in [4.69, 9.17) is 16.3 Å². The molecule has 0 saturated carbocycles. The number of nitrogens with zero attached hydrogens (tertiary/aromatic N) is 2. The van der Waals surface area contributed by atoms with Crippen LogP contribution < -0.4 is 4.74 Å². The van der Waals surface area contributed by atoms with Gasteiger partial charge in [0.2, 0.25) is 0 Å². The molecule has 0 bridgehead atoms. The average molecular weight is 344 g/mol. The number of nitro groups is 1. The first-order chi connectivity index (χ1) is 8.97. The number of hydrogen-bond acceptors (Lipinski definition) is 4. The lowest BCUT2D eigenvalue weighted by molar-refractivity contribution is -0.386. The quantitative estimate of drug-likeness (QED) is 0.467. The Balaban J connectivity index is 2.39. The molecule has 0 radical (unpaired) electrons. The van der Waals surface area contributed by atoms with Gasteiger partial charge < -0.3 is 4.74 Å². The SMILES string of the molecule is Cc1cc(Oc2nc(Cl)ccc2[N+](=O)[O-])ccc1Br. The Hall–Kier alpha value is -1.66. The Morgan fingerprint density at radius 1 is 1.37 bits per heavy atom. The third kappa shape index (κ3) is 3.21. The van der Waals surface area contributed by atoms with Gasteiger partial charge in [-0.2, -0.15) is 4.98 Å². The van der Waals surface area contributed by atoms with Crippen LogP contribution in [0.15, 0.2) is 34.8 Å². The van der Waals surface area contributed by atoms with Crippen LogP contribution in [0.3, 0.4) is 0 Å². The largest absolute Gasteiger partial charge is 0.434 e. The first-order valence-electron chi connectivity index (χ1n) is 5.22. The highest BCUT2D eigenvalue weighted by atomic mass is 79.9. The molecule has 0 aliphatic heterocycles. The monoisotopic (exact) mass is 342 g/mol. The summed E-state index contributed by atoms with van der Waals surface area (Å²) in [7, 11) is 0. The molecule has 2 rings (SSSR count). The number of benzene rings is 1. The van der Waals surface area contributed by atoms with Gasteiger partial charge >= 0.3 is 11.6 Å². The highest BCUT2D eigenvalue weighted by Crippen LogP contribution is 2.32. The van der Waals surface area contributed by atoms with E-state index in [0.29, 0.717) is 5.75 Å². The molecule has 98 valence electrons. The summed E-state index contributed by atoms with van der Waals surface area (Å²) in [6.45, 7) is 1.89. The summed E-state index contributed by atoms with van der Waals surface area (Å²) in [6.07, 6.45) is 0. The smallest absolute Gasteiger partial charge is 0.331 e. The minimum Gasteiger partial charge on any atom is -0.434 e. The third-order valence-corrected chi connectivity index (χ3v) is 3.45. The van der Waals surface area contributed by atoms with Gasteiger partial charge in [-0.1, -0.05) is 27.5 Å². The van der Waals surface area contributed by atoms with Gasteiger partial charge in [0, 0.05) is 10.5 Å². The summed E-state index contributed by atoms with van der Waals surface area (Å²) in [4.78, 5) is 14.1. The summed E-state index contributed by atoms with van der Waals surface area (Å²) in [6, 6.07) is 7.83. The fraction of sp³-hybridized carbons (Fsp3) is 0.0833. The van der Waals surface area contributed by atoms with Crippen LogP contribution in [0.5, 0.6) is 11.6 Å². The molecule has 0 saturated heterocycles. The van der Waals surface area contributed by atoms with Gasteiger partial charge in [-0.3, -0.25) is 10.1 Å². The van der Waals surface area contributed by atoms with Crippen LogP contribution in [-0.4, -0.2) is 9.91 Å². The molecule has 7 heteroatoms. The van der Waals surface area contributed by atoms with Crippen LogP contribution in [-0.2, 0) is 0 Å². The number of rotatable bonds is 3. The van der Waals surface area contributed by atoms with E-state index in [1.807, 2.05) is 6.92 Å². The molecule has 0 aliphatic rings. The third-order valence-electron chi connectivity index (χ3n) is 2.35. The first kappa shape index (κ1) is 13.8. The zero-order valence-electron chi connectivity index (χ0n) is 9.76. The van der Waals surface area contributed by atoms with Crippen molar-refractivity contribution >= 4 is 33.2 Å². The van der Waals surface area contributed by atoms with Crippen molar-refractivity contribution in [1.82, 2.24) is 4.98 Å². The van der Waals surface area contributed by atoms with Gasteiger partial charge in [-0.25, -0.2) is 0 Å². The van der Waals surface area contributed by atoms with E-state index in [1.54, 1.807) is 18.2 Å². The number of halogens is 2. The van der Waals surface area contributed by atoms with Gasteiger partial charge in [-0.05, 0) is 36.8 Å². The van der Waals surface area contributed by atoms with Crippen LogP contribution in [0.25, 0.3) is 0 Å². The van der Waals surface area contributed by atoms with E-state index in [2.05, 4.69) is 20.9 Å². The summed E-state index contributed by atoms with van der Waals surface area (Å²) in [5.41, 5.74) is 0.715. The van der Waals surface area contributed by atoms with Gasteiger partial charge in [0.1, 0.15) is 10.9 Å². The predicted molar refractivity (Wildman–Crippen MR) is 74.9 cm³/mol. The lowest BCUT2D eigenvalue weighted by Gasteiger charge is -2.07. The van der Waals surface area contributed by atoms with Gasteiger partial charge in [0.25, 0.3) is 0 Å². The van der Waals surface area contributed by atoms with Crippen LogP contribution in [0, 0.1) is 17.0 Å². The van der Waals surface area contributed by atoms with Crippen molar-refractivity contribution in [3.63, 3.8) is 0 Å². The van der Waals surface area contributed by atoms with E-state index in [9.17, 15) is 10.1 Å². The van der Waals surface area contributed by atoms with Crippen molar-refractivity contribution in [2.75, 3.05) is 0 Å². The molecular formula is C12H8BrClN2O3. The Kier molecular flexibility index (Phi) is 4.01. The normalized spacial score (nSPS) is 10.3. The number of aryl methyl sites for hydroxylation is 1. The molecule has 0 atom stereocenters. The molecular weight excluding hydrogens is 335 g/mol. The highest BCUT2D eigenvalue weighted by molar-refractivity contribution is 9.10. The lowest BCUT2D eigenvalue weighted by Crippen LogP contribution is -1.96. The van der Waals surface area contributed by atoms with E-state index in [0.717, 1.165) is 10.0 Å². The zero-order chi connectivity index (χ0) is 14.0. The second-order valence-corrected chi connectivity index (χ2v) is 4.97. The van der Waals surface area contributed by atoms with Crippen LogP contribution in [0.1, 0.15) is 5.56 Å². The fourth-order valence-corrected chi connectivity index (χ4v) is 1.80. The van der Waals surface area contributed by atoms with Gasteiger partial charge in [-0.15, -0.1) is 0 Å². The average Bonchev–Trinajstić information content (AvgIpc) is 2.33. The summed E-state index contributed by atoms with van der Waals surface area (Å²) in [5.74, 6) is 0.331. The van der Waals surface area contributed by atoms with Gasteiger partial charge in [0.15, 0.2) is 0 Å². The number of pyridine rings is 1. The van der Waals surface area contributed by atoms with Crippen LogP contribution in [0.4, 0.5) is 5.69 Å². The summed E-state index contributed by atoms with van der Waals surface area (Å²) >= 11 is 9.09. The summed E-state index contributed by atoms with van der Waals surface area (Å²) in [5, 5.41) is 11.0. The molecule has 0 N–H and O–H groups in total.